The highest BCUT2D eigenvalue weighted by Crippen LogP contribution is 2.37. The van der Waals surface area contributed by atoms with Gasteiger partial charge in [0.1, 0.15) is 11.9 Å². The van der Waals surface area contributed by atoms with Gasteiger partial charge in [0.15, 0.2) is 0 Å². The Labute approximate surface area is 137 Å². The Morgan fingerprint density at radius 1 is 1.22 bits per heavy atom. The SMILES string of the molecule is CC(C)/C=C/c1ccc(O[C@@H]2C[C@H]3CC[C@@H](C2)N3C(=O)O)cc1. The molecule has 2 heterocycles. The summed E-state index contributed by atoms with van der Waals surface area (Å²) in [7, 11) is 0. The molecule has 1 N–H and O–H groups in total. The first-order valence-electron chi connectivity index (χ1n) is 8.49. The fraction of sp³-hybridized carbons (Fsp3) is 0.526. The van der Waals surface area contributed by atoms with Crippen LogP contribution >= 0.6 is 0 Å². The van der Waals surface area contributed by atoms with Crippen LogP contribution in [0.25, 0.3) is 6.08 Å². The summed E-state index contributed by atoms with van der Waals surface area (Å²) in [6.45, 7) is 4.32. The molecule has 0 radical (unpaired) electrons. The van der Waals surface area contributed by atoms with Crippen molar-refractivity contribution in [3.05, 3.63) is 35.9 Å². The summed E-state index contributed by atoms with van der Waals surface area (Å²) < 4.78 is 6.10. The Kier molecular flexibility index (Phi) is 4.60. The largest absolute Gasteiger partial charge is 0.490 e. The van der Waals surface area contributed by atoms with Crippen LogP contribution in [0.1, 0.15) is 45.1 Å². The van der Waals surface area contributed by atoms with Gasteiger partial charge in [-0.2, -0.15) is 0 Å². The van der Waals surface area contributed by atoms with Gasteiger partial charge in [0.2, 0.25) is 0 Å². The van der Waals surface area contributed by atoms with Crippen molar-refractivity contribution >= 4 is 12.2 Å². The van der Waals surface area contributed by atoms with Crippen LogP contribution in [-0.2, 0) is 0 Å². The van der Waals surface area contributed by atoms with Crippen LogP contribution in [0, 0.1) is 5.92 Å². The topological polar surface area (TPSA) is 49.8 Å². The second kappa shape index (κ2) is 6.65. The van der Waals surface area contributed by atoms with Gasteiger partial charge in [-0.15, -0.1) is 0 Å². The summed E-state index contributed by atoms with van der Waals surface area (Å²) in [6, 6.07) is 8.40. The highest BCUT2D eigenvalue weighted by molar-refractivity contribution is 5.66. The Balaban J connectivity index is 1.60. The monoisotopic (exact) mass is 315 g/mol. The molecule has 2 aliphatic rings. The van der Waals surface area contributed by atoms with E-state index in [0.717, 1.165) is 31.4 Å². The minimum Gasteiger partial charge on any atom is -0.490 e. The van der Waals surface area contributed by atoms with E-state index in [4.69, 9.17) is 4.74 Å². The Morgan fingerprint density at radius 2 is 1.83 bits per heavy atom. The number of carbonyl (C=O) groups is 1. The van der Waals surface area contributed by atoms with Gasteiger partial charge in [-0.1, -0.05) is 38.1 Å². The Morgan fingerprint density at radius 3 is 2.35 bits per heavy atom. The molecule has 23 heavy (non-hydrogen) atoms. The van der Waals surface area contributed by atoms with Gasteiger partial charge in [-0.05, 0) is 36.5 Å². The number of nitrogens with zero attached hydrogens (tertiary/aromatic N) is 1. The van der Waals surface area contributed by atoms with Crippen LogP contribution in [0.3, 0.4) is 0 Å². The van der Waals surface area contributed by atoms with Crippen LogP contribution in [-0.4, -0.2) is 34.3 Å². The molecule has 2 aliphatic heterocycles. The maximum atomic E-state index is 11.3. The summed E-state index contributed by atoms with van der Waals surface area (Å²) in [5.41, 5.74) is 1.17. The first kappa shape index (κ1) is 15.9. The molecule has 2 bridgehead atoms. The molecule has 0 spiro atoms. The third-order valence-corrected chi connectivity index (χ3v) is 4.77. The van der Waals surface area contributed by atoms with Crippen molar-refractivity contribution in [1.82, 2.24) is 4.90 Å². The lowest BCUT2D eigenvalue weighted by atomic mass is 10.00. The molecule has 0 aliphatic carbocycles. The minimum atomic E-state index is -0.780. The predicted octanol–water partition coefficient (Wildman–Crippen LogP) is 4.41. The smallest absolute Gasteiger partial charge is 0.407 e. The van der Waals surface area contributed by atoms with E-state index in [0.29, 0.717) is 5.92 Å². The highest BCUT2D eigenvalue weighted by Gasteiger charge is 2.44. The standard InChI is InChI=1S/C19H25NO3/c1-13(2)3-4-14-5-9-17(10-6-14)23-18-11-15-7-8-16(12-18)20(15)19(21)22/h3-6,9-10,13,15-16,18H,7-8,11-12H2,1-2H3,(H,21,22)/b4-3+/t15-,16+,18-. The van der Waals surface area contributed by atoms with E-state index in [1.165, 1.54) is 5.56 Å². The second-order valence-electron chi connectivity index (χ2n) is 6.96. The lowest BCUT2D eigenvalue weighted by Crippen LogP contribution is -2.48. The van der Waals surface area contributed by atoms with Crippen molar-refractivity contribution < 1.29 is 14.6 Å². The molecule has 2 saturated heterocycles. The first-order chi connectivity index (χ1) is 11.0. The molecule has 124 valence electrons. The van der Waals surface area contributed by atoms with Crippen LogP contribution in [0.2, 0.25) is 0 Å². The van der Waals surface area contributed by atoms with Crippen LogP contribution in [0.5, 0.6) is 5.75 Å². The van der Waals surface area contributed by atoms with Crippen LogP contribution < -0.4 is 4.74 Å². The van der Waals surface area contributed by atoms with Gasteiger partial charge in [-0.3, -0.25) is 0 Å². The first-order valence-corrected chi connectivity index (χ1v) is 8.49. The molecular formula is C19H25NO3. The number of ether oxygens (including phenoxy) is 1. The lowest BCUT2D eigenvalue weighted by Gasteiger charge is -2.37. The third kappa shape index (κ3) is 3.69. The third-order valence-electron chi connectivity index (χ3n) is 4.77. The molecule has 4 nitrogen and oxygen atoms in total. The molecule has 3 rings (SSSR count). The van der Waals surface area contributed by atoms with Gasteiger partial charge >= 0.3 is 6.09 Å². The lowest BCUT2D eigenvalue weighted by molar-refractivity contribution is 0.0496. The summed E-state index contributed by atoms with van der Waals surface area (Å²) in [5.74, 6) is 1.42. The van der Waals surface area contributed by atoms with E-state index in [9.17, 15) is 9.90 Å². The number of amides is 1. The quantitative estimate of drug-likeness (QED) is 0.895. The van der Waals surface area contributed by atoms with Crippen LogP contribution in [0.15, 0.2) is 30.3 Å². The zero-order chi connectivity index (χ0) is 16.4. The molecule has 4 heteroatoms. The molecule has 0 saturated carbocycles. The van der Waals surface area contributed by atoms with E-state index in [-0.39, 0.29) is 18.2 Å². The summed E-state index contributed by atoms with van der Waals surface area (Å²) in [5, 5.41) is 9.29. The average molecular weight is 315 g/mol. The van der Waals surface area contributed by atoms with Gasteiger partial charge in [0, 0.05) is 24.9 Å². The fourth-order valence-electron chi connectivity index (χ4n) is 3.69. The molecule has 0 unspecified atom stereocenters. The number of fused-ring (bicyclic) bond motifs is 2. The average Bonchev–Trinajstić information content (AvgIpc) is 2.78. The van der Waals surface area contributed by atoms with Gasteiger partial charge in [-0.25, -0.2) is 4.79 Å². The van der Waals surface area contributed by atoms with Crippen molar-refractivity contribution in [2.75, 3.05) is 0 Å². The number of hydrogen-bond donors (Lipinski definition) is 1. The minimum absolute atomic E-state index is 0.125. The molecule has 1 aromatic rings. The summed E-state index contributed by atoms with van der Waals surface area (Å²) >= 11 is 0. The van der Waals surface area contributed by atoms with Crippen molar-refractivity contribution in [2.24, 2.45) is 5.92 Å². The Bertz CT molecular complexity index is 565. The maximum absolute atomic E-state index is 11.3. The number of benzene rings is 1. The van der Waals surface area contributed by atoms with E-state index in [2.05, 4.69) is 38.1 Å². The van der Waals surface area contributed by atoms with Crippen molar-refractivity contribution in [1.29, 1.82) is 0 Å². The van der Waals surface area contributed by atoms with Gasteiger partial charge in [0.25, 0.3) is 0 Å². The number of piperidine rings is 1. The zero-order valence-electron chi connectivity index (χ0n) is 13.8. The molecule has 1 amide bonds. The normalized spacial score (nSPS) is 26.9. The van der Waals surface area contributed by atoms with E-state index < -0.39 is 6.09 Å². The van der Waals surface area contributed by atoms with Crippen molar-refractivity contribution in [3.8, 4) is 5.75 Å². The Hall–Kier alpha value is -1.97. The van der Waals surface area contributed by atoms with Crippen LogP contribution in [0.4, 0.5) is 4.79 Å². The molecule has 3 atom stereocenters. The molecule has 2 fully saturated rings. The van der Waals surface area contributed by atoms with Gasteiger partial charge in [0.05, 0.1) is 0 Å². The summed E-state index contributed by atoms with van der Waals surface area (Å²) in [6.07, 6.45) is 7.19. The van der Waals surface area contributed by atoms with E-state index in [1.54, 1.807) is 4.90 Å². The number of allylic oxidation sites excluding steroid dienone is 1. The molecule has 1 aromatic carbocycles. The van der Waals surface area contributed by atoms with Crippen molar-refractivity contribution in [2.45, 2.75) is 57.7 Å². The predicted molar refractivity (Wildman–Crippen MR) is 90.6 cm³/mol. The summed E-state index contributed by atoms with van der Waals surface area (Å²) in [4.78, 5) is 12.9. The molecular weight excluding hydrogens is 290 g/mol. The second-order valence-corrected chi connectivity index (χ2v) is 6.96. The molecule has 0 aromatic heterocycles. The van der Waals surface area contributed by atoms with Crippen molar-refractivity contribution in [3.63, 3.8) is 0 Å². The van der Waals surface area contributed by atoms with E-state index in [1.807, 2.05) is 12.1 Å². The highest BCUT2D eigenvalue weighted by atomic mass is 16.5. The van der Waals surface area contributed by atoms with E-state index >= 15 is 0 Å². The van der Waals surface area contributed by atoms with Gasteiger partial charge < -0.3 is 14.7 Å². The fourth-order valence-corrected chi connectivity index (χ4v) is 3.69. The maximum Gasteiger partial charge on any atom is 0.407 e. The zero-order valence-corrected chi connectivity index (χ0v) is 13.8. The number of hydrogen-bond acceptors (Lipinski definition) is 2. The number of rotatable bonds is 4. The number of carboxylic acid groups (broad SMARTS) is 1.